The predicted octanol–water partition coefficient (Wildman–Crippen LogP) is 3.65. The third-order valence-electron chi connectivity index (χ3n) is 3.84. The van der Waals surface area contributed by atoms with Gasteiger partial charge in [-0.15, -0.1) is 0 Å². The SMILES string of the molecule is CCN(Cc1cccc(F)c1)C(=O)C1=Cc2ccccc2OC1. The molecule has 3 rings (SSSR count). The zero-order valence-corrected chi connectivity index (χ0v) is 13.0. The van der Waals surface area contributed by atoms with Crippen LogP contribution < -0.4 is 4.74 Å². The highest BCUT2D eigenvalue weighted by atomic mass is 19.1. The number of carbonyl (C=O) groups excluding carboxylic acids is 1. The van der Waals surface area contributed by atoms with Gasteiger partial charge in [-0.3, -0.25) is 4.79 Å². The van der Waals surface area contributed by atoms with Gasteiger partial charge in [0.25, 0.3) is 5.91 Å². The number of nitrogens with zero attached hydrogens (tertiary/aromatic N) is 1. The Morgan fingerprint density at radius 3 is 2.83 bits per heavy atom. The Morgan fingerprint density at radius 1 is 1.22 bits per heavy atom. The monoisotopic (exact) mass is 311 g/mol. The maximum atomic E-state index is 13.3. The van der Waals surface area contributed by atoms with E-state index in [9.17, 15) is 9.18 Å². The van der Waals surface area contributed by atoms with E-state index in [0.717, 1.165) is 16.9 Å². The van der Waals surface area contributed by atoms with Crippen LogP contribution in [-0.4, -0.2) is 24.0 Å². The number of hydrogen-bond acceptors (Lipinski definition) is 2. The number of para-hydroxylation sites is 1. The van der Waals surface area contributed by atoms with Crippen molar-refractivity contribution in [3.8, 4) is 5.75 Å². The van der Waals surface area contributed by atoms with Crippen molar-refractivity contribution < 1.29 is 13.9 Å². The number of likely N-dealkylation sites (N-methyl/N-ethyl adjacent to an activating group) is 1. The van der Waals surface area contributed by atoms with Crippen molar-refractivity contribution in [1.82, 2.24) is 4.90 Å². The number of hydrogen-bond donors (Lipinski definition) is 0. The largest absolute Gasteiger partial charge is 0.488 e. The van der Waals surface area contributed by atoms with Crippen molar-refractivity contribution in [3.63, 3.8) is 0 Å². The lowest BCUT2D eigenvalue weighted by Gasteiger charge is -2.25. The summed E-state index contributed by atoms with van der Waals surface area (Å²) in [5.41, 5.74) is 2.30. The third-order valence-corrected chi connectivity index (χ3v) is 3.84. The molecule has 0 aliphatic carbocycles. The molecule has 1 aliphatic heterocycles. The van der Waals surface area contributed by atoms with E-state index in [1.807, 2.05) is 43.3 Å². The van der Waals surface area contributed by atoms with Crippen molar-refractivity contribution >= 4 is 12.0 Å². The van der Waals surface area contributed by atoms with Gasteiger partial charge in [0.2, 0.25) is 0 Å². The molecule has 1 heterocycles. The Labute approximate surface area is 135 Å². The highest BCUT2D eigenvalue weighted by Crippen LogP contribution is 2.26. The number of rotatable bonds is 4. The normalized spacial score (nSPS) is 12.9. The fraction of sp³-hybridized carbons (Fsp3) is 0.211. The van der Waals surface area contributed by atoms with Gasteiger partial charge in [0.1, 0.15) is 18.2 Å². The van der Waals surface area contributed by atoms with Gasteiger partial charge in [-0.25, -0.2) is 4.39 Å². The van der Waals surface area contributed by atoms with Gasteiger partial charge in [-0.1, -0.05) is 30.3 Å². The summed E-state index contributed by atoms with van der Waals surface area (Å²) in [6.45, 7) is 3.10. The van der Waals surface area contributed by atoms with Crippen LogP contribution in [0, 0.1) is 5.82 Å². The zero-order valence-electron chi connectivity index (χ0n) is 13.0. The molecule has 0 saturated heterocycles. The van der Waals surface area contributed by atoms with E-state index >= 15 is 0 Å². The van der Waals surface area contributed by atoms with Gasteiger partial charge < -0.3 is 9.64 Å². The summed E-state index contributed by atoms with van der Waals surface area (Å²) < 4.78 is 19.0. The predicted molar refractivity (Wildman–Crippen MR) is 87.4 cm³/mol. The van der Waals surface area contributed by atoms with Crippen LogP contribution in [0.25, 0.3) is 6.08 Å². The minimum Gasteiger partial charge on any atom is -0.488 e. The van der Waals surface area contributed by atoms with Gasteiger partial charge in [0, 0.05) is 18.7 Å². The molecule has 0 aromatic heterocycles. The van der Waals surface area contributed by atoms with Crippen molar-refractivity contribution in [3.05, 3.63) is 71.0 Å². The molecule has 0 N–H and O–H groups in total. The fourth-order valence-corrected chi connectivity index (χ4v) is 2.63. The summed E-state index contributed by atoms with van der Waals surface area (Å²) in [5.74, 6) is 0.420. The standard InChI is InChI=1S/C19H18FNO2/c1-2-21(12-14-6-5-8-17(20)10-14)19(22)16-11-15-7-3-4-9-18(15)23-13-16/h3-11H,2,12-13H2,1H3. The van der Waals surface area contributed by atoms with E-state index in [0.29, 0.717) is 18.7 Å². The van der Waals surface area contributed by atoms with E-state index in [2.05, 4.69) is 0 Å². The topological polar surface area (TPSA) is 29.5 Å². The highest BCUT2D eigenvalue weighted by molar-refractivity contribution is 5.99. The second kappa shape index (κ2) is 6.65. The minimum atomic E-state index is -0.292. The van der Waals surface area contributed by atoms with Crippen LogP contribution in [0.15, 0.2) is 54.1 Å². The Bertz CT molecular complexity index is 755. The summed E-state index contributed by atoms with van der Waals surface area (Å²) in [4.78, 5) is 14.4. The first kappa shape index (κ1) is 15.3. The number of amides is 1. The molecular formula is C19H18FNO2. The number of ether oxygens (including phenoxy) is 1. The van der Waals surface area contributed by atoms with E-state index in [1.165, 1.54) is 12.1 Å². The van der Waals surface area contributed by atoms with Crippen LogP contribution in [0.2, 0.25) is 0 Å². The van der Waals surface area contributed by atoms with Crippen LogP contribution in [0.5, 0.6) is 5.75 Å². The minimum absolute atomic E-state index is 0.0775. The summed E-state index contributed by atoms with van der Waals surface area (Å²) in [7, 11) is 0. The Hall–Kier alpha value is -2.62. The van der Waals surface area contributed by atoms with E-state index in [4.69, 9.17) is 4.74 Å². The third kappa shape index (κ3) is 3.42. The molecule has 1 amide bonds. The second-order valence-electron chi connectivity index (χ2n) is 5.45. The van der Waals surface area contributed by atoms with Gasteiger partial charge in [-0.2, -0.15) is 0 Å². The Balaban J connectivity index is 1.79. The Morgan fingerprint density at radius 2 is 2.04 bits per heavy atom. The summed E-state index contributed by atoms with van der Waals surface area (Å²) in [5, 5.41) is 0. The molecule has 0 saturated carbocycles. The first-order chi connectivity index (χ1) is 11.2. The molecule has 118 valence electrons. The van der Waals surface area contributed by atoms with Gasteiger partial charge >= 0.3 is 0 Å². The average Bonchev–Trinajstić information content (AvgIpc) is 2.58. The summed E-state index contributed by atoms with van der Waals surface area (Å²) >= 11 is 0. The lowest BCUT2D eigenvalue weighted by atomic mass is 10.1. The Kier molecular flexibility index (Phi) is 4.42. The van der Waals surface area contributed by atoms with Crippen LogP contribution in [-0.2, 0) is 11.3 Å². The molecule has 4 heteroatoms. The van der Waals surface area contributed by atoms with Crippen molar-refractivity contribution in [2.24, 2.45) is 0 Å². The summed E-state index contributed by atoms with van der Waals surface area (Å²) in [6.07, 6.45) is 1.87. The van der Waals surface area contributed by atoms with Crippen molar-refractivity contribution in [2.75, 3.05) is 13.2 Å². The van der Waals surface area contributed by atoms with Crippen molar-refractivity contribution in [1.29, 1.82) is 0 Å². The van der Waals surface area contributed by atoms with E-state index in [-0.39, 0.29) is 18.3 Å². The molecule has 0 fully saturated rings. The van der Waals surface area contributed by atoms with Gasteiger partial charge in [0.05, 0.1) is 5.57 Å². The molecule has 2 aromatic rings. The van der Waals surface area contributed by atoms with Gasteiger partial charge in [-0.05, 0) is 36.8 Å². The summed E-state index contributed by atoms with van der Waals surface area (Å²) in [6, 6.07) is 14.0. The molecular weight excluding hydrogens is 293 g/mol. The van der Waals surface area contributed by atoms with E-state index in [1.54, 1.807) is 11.0 Å². The van der Waals surface area contributed by atoms with Gasteiger partial charge in [0.15, 0.2) is 0 Å². The smallest absolute Gasteiger partial charge is 0.253 e. The molecule has 0 spiro atoms. The molecule has 3 nitrogen and oxygen atoms in total. The second-order valence-corrected chi connectivity index (χ2v) is 5.45. The van der Waals surface area contributed by atoms with Crippen LogP contribution in [0.3, 0.4) is 0 Å². The fourth-order valence-electron chi connectivity index (χ4n) is 2.63. The molecule has 0 bridgehead atoms. The maximum absolute atomic E-state index is 13.3. The molecule has 1 aliphatic rings. The van der Waals surface area contributed by atoms with Crippen LogP contribution in [0.1, 0.15) is 18.1 Å². The number of benzene rings is 2. The lowest BCUT2D eigenvalue weighted by Crippen LogP contribution is -2.33. The highest BCUT2D eigenvalue weighted by Gasteiger charge is 2.21. The number of carbonyl (C=O) groups is 1. The zero-order chi connectivity index (χ0) is 16.2. The van der Waals surface area contributed by atoms with E-state index < -0.39 is 0 Å². The molecule has 2 aromatic carbocycles. The lowest BCUT2D eigenvalue weighted by molar-refractivity contribution is -0.127. The molecule has 0 radical (unpaired) electrons. The molecule has 23 heavy (non-hydrogen) atoms. The molecule has 0 atom stereocenters. The average molecular weight is 311 g/mol. The van der Waals surface area contributed by atoms with Crippen LogP contribution >= 0.6 is 0 Å². The van der Waals surface area contributed by atoms with Crippen LogP contribution in [0.4, 0.5) is 4.39 Å². The number of fused-ring (bicyclic) bond motifs is 1. The van der Waals surface area contributed by atoms with Crippen molar-refractivity contribution in [2.45, 2.75) is 13.5 Å². The maximum Gasteiger partial charge on any atom is 0.253 e. The number of halogens is 1. The molecule has 0 unspecified atom stereocenters. The first-order valence-electron chi connectivity index (χ1n) is 7.63. The first-order valence-corrected chi connectivity index (χ1v) is 7.63. The quantitative estimate of drug-likeness (QED) is 0.862.